The summed E-state index contributed by atoms with van der Waals surface area (Å²) in [5.74, 6) is -0.348. The van der Waals surface area contributed by atoms with E-state index in [-0.39, 0.29) is 23.3 Å². The molecule has 2 heterocycles. The molecular weight excluding hydrogens is 396 g/mol. The standard InChI is InChI=1S/C23H42N4O4/c1-7-27(21(29)24-15-22(2,3)16-25(4)5)20(28)18-12-17-13-23(30-10-11-31-23)9-8-19(17)26(6)14-18/h17-19H,7-16H2,1-6H3,(H,24,29)/t17-,18-,19-/m1/s1. The third-order valence-corrected chi connectivity index (χ3v) is 7.05. The number of urea groups is 1. The molecule has 31 heavy (non-hydrogen) atoms. The molecule has 0 aromatic heterocycles. The van der Waals surface area contributed by atoms with E-state index in [4.69, 9.17) is 9.47 Å². The zero-order valence-corrected chi connectivity index (χ0v) is 20.3. The summed E-state index contributed by atoms with van der Waals surface area (Å²) < 4.78 is 11.9. The molecule has 0 aromatic rings. The van der Waals surface area contributed by atoms with Crippen molar-refractivity contribution in [3.8, 4) is 0 Å². The second kappa shape index (κ2) is 9.73. The first-order valence-electron chi connectivity index (χ1n) is 11.8. The lowest BCUT2D eigenvalue weighted by molar-refractivity contribution is -0.202. The quantitative estimate of drug-likeness (QED) is 0.684. The zero-order chi connectivity index (χ0) is 22.8. The van der Waals surface area contributed by atoms with E-state index in [1.54, 1.807) is 0 Å². The fourth-order valence-corrected chi connectivity index (χ4v) is 5.87. The van der Waals surface area contributed by atoms with E-state index in [0.717, 1.165) is 32.2 Å². The van der Waals surface area contributed by atoms with Gasteiger partial charge in [-0.3, -0.25) is 9.69 Å². The molecule has 0 unspecified atom stereocenters. The van der Waals surface area contributed by atoms with Crippen molar-refractivity contribution in [2.45, 2.75) is 58.3 Å². The lowest BCUT2D eigenvalue weighted by Crippen LogP contribution is -2.57. The number of amides is 3. The van der Waals surface area contributed by atoms with Crippen molar-refractivity contribution < 1.29 is 19.1 Å². The number of carbonyl (C=O) groups is 2. The lowest BCUT2D eigenvalue weighted by atomic mass is 9.72. The SMILES string of the molecule is CCN(C(=O)NCC(C)(C)CN(C)C)C(=O)[C@@H]1C[C@@H]2CC3(CC[C@H]2N(C)C1)OCCO3. The van der Waals surface area contributed by atoms with Gasteiger partial charge in [0.1, 0.15) is 0 Å². The van der Waals surface area contributed by atoms with E-state index in [1.165, 1.54) is 4.90 Å². The highest BCUT2D eigenvalue weighted by atomic mass is 16.7. The molecule has 3 amide bonds. The minimum atomic E-state index is -0.452. The number of likely N-dealkylation sites (tertiary alicyclic amines) is 1. The van der Waals surface area contributed by atoms with Crippen molar-refractivity contribution in [3.63, 3.8) is 0 Å². The maximum absolute atomic E-state index is 13.4. The number of fused-ring (bicyclic) bond motifs is 1. The smallest absolute Gasteiger partial charge is 0.324 e. The van der Waals surface area contributed by atoms with E-state index in [0.29, 0.717) is 44.8 Å². The topological polar surface area (TPSA) is 74.4 Å². The van der Waals surface area contributed by atoms with Crippen LogP contribution in [0.5, 0.6) is 0 Å². The summed E-state index contributed by atoms with van der Waals surface area (Å²) in [6, 6.07) is 0.171. The van der Waals surface area contributed by atoms with E-state index in [2.05, 4.69) is 36.0 Å². The van der Waals surface area contributed by atoms with Crippen LogP contribution in [-0.2, 0) is 14.3 Å². The third-order valence-electron chi connectivity index (χ3n) is 7.05. The highest BCUT2D eigenvalue weighted by molar-refractivity contribution is 5.95. The summed E-state index contributed by atoms with van der Waals surface area (Å²) in [6.45, 7) is 9.88. The molecule has 3 fully saturated rings. The van der Waals surface area contributed by atoms with Gasteiger partial charge in [-0.15, -0.1) is 0 Å². The molecule has 2 saturated heterocycles. The molecule has 0 aromatic carbocycles. The van der Waals surface area contributed by atoms with Gasteiger partial charge in [0, 0.05) is 45.1 Å². The Morgan fingerprint density at radius 2 is 1.90 bits per heavy atom. The minimum absolute atomic E-state index is 0.0661. The summed E-state index contributed by atoms with van der Waals surface area (Å²) in [5, 5.41) is 2.99. The van der Waals surface area contributed by atoms with Gasteiger partial charge in [0.05, 0.1) is 19.1 Å². The van der Waals surface area contributed by atoms with Crippen LogP contribution in [0.1, 0.15) is 46.5 Å². The number of hydrogen-bond donors (Lipinski definition) is 1. The Kier molecular flexibility index (Phi) is 7.66. The minimum Gasteiger partial charge on any atom is -0.348 e. The first-order chi connectivity index (χ1) is 14.6. The number of carbonyl (C=O) groups excluding carboxylic acids is 2. The Morgan fingerprint density at radius 3 is 2.52 bits per heavy atom. The first kappa shape index (κ1) is 24.4. The van der Waals surface area contributed by atoms with Gasteiger partial charge in [-0.1, -0.05) is 13.8 Å². The number of ether oxygens (including phenoxy) is 2. The normalized spacial score (nSPS) is 28.5. The average molecular weight is 439 g/mol. The van der Waals surface area contributed by atoms with E-state index in [1.807, 2.05) is 21.0 Å². The highest BCUT2D eigenvalue weighted by Gasteiger charge is 2.49. The van der Waals surface area contributed by atoms with Crippen molar-refractivity contribution in [1.82, 2.24) is 20.0 Å². The molecule has 3 atom stereocenters. The molecular formula is C23H42N4O4. The molecule has 3 aliphatic rings. The Balaban J connectivity index is 1.61. The Morgan fingerprint density at radius 1 is 1.23 bits per heavy atom. The van der Waals surface area contributed by atoms with Crippen LogP contribution in [0.4, 0.5) is 4.79 Å². The number of hydrogen-bond acceptors (Lipinski definition) is 6. The molecule has 0 bridgehead atoms. The number of imide groups is 1. The second-order valence-electron chi connectivity index (χ2n) is 10.7. The summed E-state index contributed by atoms with van der Waals surface area (Å²) in [7, 11) is 6.15. The van der Waals surface area contributed by atoms with E-state index >= 15 is 0 Å². The third kappa shape index (κ3) is 5.78. The molecule has 1 saturated carbocycles. The Hall–Kier alpha value is -1.22. The number of nitrogens with zero attached hydrogens (tertiary/aromatic N) is 3. The van der Waals surface area contributed by atoms with Crippen LogP contribution in [0.3, 0.4) is 0 Å². The van der Waals surface area contributed by atoms with Crippen LogP contribution in [0.15, 0.2) is 0 Å². The first-order valence-corrected chi connectivity index (χ1v) is 11.8. The molecule has 8 heteroatoms. The van der Waals surface area contributed by atoms with Gasteiger partial charge in [0.25, 0.3) is 0 Å². The summed E-state index contributed by atoms with van der Waals surface area (Å²) in [6.07, 6.45) is 3.57. The number of nitrogens with one attached hydrogen (secondary N) is 1. The van der Waals surface area contributed by atoms with Gasteiger partial charge in [0.15, 0.2) is 5.79 Å². The van der Waals surface area contributed by atoms with Crippen LogP contribution in [-0.4, -0.2) is 99.0 Å². The largest absolute Gasteiger partial charge is 0.348 e. The molecule has 3 rings (SSSR count). The Bertz CT molecular complexity index is 647. The van der Waals surface area contributed by atoms with Gasteiger partial charge in [-0.05, 0) is 52.2 Å². The van der Waals surface area contributed by atoms with Crippen molar-refractivity contribution in [2.24, 2.45) is 17.3 Å². The van der Waals surface area contributed by atoms with Crippen LogP contribution < -0.4 is 5.32 Å². The highest BCUT2D eigenvalue weighted by Crippen LogP contribution is 2.45. The van der Waals surface area contributed by atoms with Crippen molar-refractivity contribution in [3.05, 3.63) is 0 Å². The fraction of sp³-hybridized carbons (Fsp3) is 0.913. The predicted octanol–water partition coefficient (Wildman–Crippen LogP) is 2.00. The van der Waals surface area contributed by atoms with Gasteiger partial charge in [0.2, 0.25) is 5.91 Å². The van der Waals surface area contributed by atoms with Gasteiger partial charge in [-0.25, -0.2) is 4.79 Å². The van der Waals surface area contributed by atoms with Crippen molar-refractivity contribution in [2.75, 3.05) is 60.5 Å². The fourth-order valence-electron chi connectivity index (χ4n) is 5.87. The zero-order valence-electron chi connectivity index (χ0n) is 20.3. The summed E-state index contributed by atoms with van der Waals surface area (Å²) in [5.41, 5.74) is -0.0718. The monoisotopic (exact) mass is 438 g/mol. The van der Waals surface area contributed by atoms with Gasteiger partial charge >= 0.3 is 6.03 Å². The van der Waals surface area contributed by atoms with E-state index < -0.39 is 5.79 Å². The number of piperidine rings is 1. The molecule has 8 nitrogen and oxygen atoms in total. The average Bonchev–Trinajstić information content (AvgIpc) is 3.13. The molecule has 1 aliphatic carbocycles. The maximum Gasteiger partial charge on any atom is 0.324 e. The van der Waals surface area contributed by atoms with Crippen LogP contribution in [0.25, 0.3) is 0 Å². The summed E-state index contributed by atoms with van der Waals surface area (Å²) >= 11 is 0. The van der Waals surface area contributed by atoms with Gasteiger partial charge < -0.3 is 24.6 Å². The van der Waals surface area contributed by atoms with Crippen molar-refractivity contribution in [1.29, 1.82) is 0 Å². The molecule has 1 spiro atoms. The van der Waals surface area contributed by atoms with Crippen LogP contribution >= 0.6 is 0 Å². The molecule has 0 radical (unpaired) electrons. The number of rotatable bonds is 6. The maximum atomic E-state index is 13.4. The molecule has 178 valence electrons. The molecule has 2 aliphatic heterocycles. The Labute approximate surface area is 187 Å². The van der Waals surface area contributed by atoms with Crippen LogP contribution in [0.2, 0.25) is 0 Å². The van der Waals surface area contributed by atoms with E-state index in [9.17, 15) is 9.59 Å². The van der Waals surface area contributed by atoms with Gasteiger partial charge in [-0.2, -0.15) is 0 Å². The van der Waals surface area contributed by atoms with Crippen molar-refractivity contribution >= 4 is 11.9 Å². The second-order valence-corrected chi connectivity index (χ2v) is 10.7. The summed E-state index contributed by atoms with van der Waals surface area (Å²) in [4.78, 5) is 32.1. The van der Waals surface area contributed by atoms with Crippen LogP contribution in [0, 0.1) is 17.3 Å². The molecule has 1 N–H and O–H groups in total. The lowest BCUT2D eigenvalue weighted by Gasteiger charge is -2.49. The predicted molar refractivity (Wildman–Crippen MR) is 120 cm³/mol.